The molecule has 138 valence electrons. The smallest absolute Gasteiger partial charge is 0.328 e. The van der Waals surface area contributed by atoms with Crippen molar-refractivity contribution in [3.63, 3.8) is 0 Å². The molecule has 0 aromatic carbocycles. The van der Waals surface area contributed by atoms with Gasteiger partial charge < -0.3 is 19.9 Å². The van der Waals surface area contributed by atoms with E-state index < -0.39 is 12.0 Å². The minimum absolute atomic E-state index is 0.0866. The van der Waals surface area contributed by atoms with Gasteiger partial charge in [0.05, 0.1) is 19.1 Å². The van der Waals surface area contributed by atoms with E-state index in [1.165, 1.54) is 7.11 Å². The van der Waals surface area contributed by atoms with Crippen molar-refractivity contribution in [2.45, 2.75) is 32.4 Å². The third kappa shape index (κ3) is 3.40. The maximum atomic E-state index is 13.0. The largest absolute Gasteiger partial charge is 0.467 e. The highest BCUT2D eigenvalue weighted by Gasteiger charge is 2.36. The minimum Gasteiger partial charge on any atom is -0.467 e. The van der Waals surface area contributed by atoms with Gasteiger partial charge in [0.1, 0.15) is 12.1 Å². The second-order valence-corrected chi connectivity index (χ2v) is 6.59. The standard InChI is InChI=1S/C18H23N5O3/c1-11(2)14(17(24)26-3)22-18(25)23-9-6-13-15(21-10-20-13)16(23)12-4-7-19-8-5-12/h4-5,7-8,10-11,14,16H,6,9H2,1-3H3,(H,20,21)(H,22,25). The molecular weight excluding hydrogens is 334 g/mol. The highest BCUT2D eigenvalue weighted by atomic mass is 16.5. The zero-order chi connectivity index (χ0) is 18.7. The van der Waals surface area contributed by atoms with Gasteiger partial charge >= 0.3 is 12.0 Å². The number of fused-ring (bicyclic) bond motifs is 1. The number of methoxy groups -OCH3 is 1. The summed E-state index contributed by atoms with van der Waals surface area (Å²) in [5, 5.41) is 2.82. The Morgan fingerprint density at radius 1 is 1.35 bits per heavy atom. The van der Waals surface area contributed by atoms with E-state index in [-0.39, 0.29) is 18.0 Å². The van der Waals surface area contributed by atoms with Crippen molar-refractivity contribution in [2.75, 3.05) is 13.7 Å². The van der Waals surface area contributed by atoms with Crippen LogP contribution < -0.4 is 5.32 Å². The van der Waals surface area contributed by atoms with Gasteiger partial charge in [-0.05, 0) is 23.6 Å². The molecule has 2 atom stereocenters. The van der Waals surface area contributed by atoms with Crippen LogP contribution >= 0.6 is 0 Å². The fraction of sp³-hybridized carbons (Fsp3) is 0.444. The van der Waals surface area contributed by atoms with Crippen LogP contribution in [0.2, 0.25) is 0 Å². The van der Waals surface area contributed by atoms with Gasteiger partial charge in [0.2, 0.25) is 0 Å². The summed E-state index contributed by atoms with van der Waals surface area (Å²) in [7, 11) is 1.32. The minimum atomic E-state index is -0.703. The molecule has 0 saturated heterocycles. The van der Waals surface area contributed by atoms with Crippen LogP contribution in [0.15, 0.2) is 30.9 Å². The number of nitrogens with zero attached hydrogens (tertiary/aromatic N) is 3. The van der Waals surface area contributed by atoms with Gasteiger partial charge in [0, 0.05) is 31.1 Å². The summed E-state index contributed by atoms with van der Waals surface area (Å²) < 4.78 is 4.82. The first-order valence-electron chi connectivity index (χ1n) is 8.60. The number of hydrogen-bond acceptors (Lipinski definition) is 5. The van der Waals surface area contributed by atoms with Crippen LogP contribution in [0.25, 0.3) is 0 Å². The quantitative estimate of drug-likeness (QED) is 0.811. The SMILES string of the molecule is COC(=O)C(NC(=O)N1CCc2[nH]cnc2C1c1ccncc1)C(C)C. The second kappa shape index (κ2) is 7.55. The number of ether oxygens (including phenoxy) is 1. The molecule has 1 aliphatic rings. The molecule has 2 aromatic rings. The predicted octanol–water partition coefficient (Wildman–Crippen LogP) is 1.66. The van der Waals surface area contributed by atoms with Crippen LogP contribution in [0.3, 0.4) is 0 Å². The summed E-state index contributed by atoms with van der Waals surface area (Å²) in [4.78, 5) is 38.3. The van der Waals surface area contributed by atoms with Gasteiger partial charge in [0.25, 0.3) is 0 Å². The van der Waals surface area contributed by atoms with E-state index in [9.17, 15) is 9.59 Å². The van der Waals surface area contributed by atoms with E-state index in [0.29, 0.717) is 13.0 Å². The van der Waals surface area contributed by atoms with Crippen LogP contribution in [0, 0.1) is 5.92 Å². The number of H-pyrrole nitrogens is 1. The number of nitrogens with one attached hydrogen (secondary N) is 2. The lowest BCUT2D eigenvalue weighted by Crippen LogP contribution is -2.53. The Balaban J connectivity index is 1.90. The highest BCUT2D eigenvalue weighted by molar-refractivity contribution is 5.84. The molecule has 2 unspecified atom stereocenters. The van der Waals surface area contributed by atoms with Gasteiger partial charge in [-0.15, -0.1) is 0 Å². The Morgan fingerprint density at radius 3 is 2.73 bits per heavy atom. The molecule has 0 bridgehead atoms. The van der Waals surface area contributed by atoms with Crippen LogP contribution in [0.1, 0.15) is 36.8 Å². The van der Waals surface area contributed by atoms with E-state index in [1.54, 1.807) is 23.6 Å². The molecule has 0 saturated carbocycles. The number of aromatic nitrogens is 3. The molecule has 8 nitrogen and oxygen atoms in total. The lowest BCUT2D eigenvalue weighted by atomic mass is 9.96. The molecule has 1 aliphatic heterocycles. The summed E-state index contributed by atoms with van der Waals surface area (Å²) in [6.45, 7) is 4.24. The van der Waals surface area contributed by atoms with Crippen LogP contribution in [0.5, 0.6) is 0 Å². The number of hydrogen-bond donors (Lipinski definition) is 2. The van der Waals surface area contributed by atoms with Gasteiger partial charge in [0.15, 0.2) is 0 Å². The summed E-state index contributed by atoms with van der Waals surface area (Å²) in [6.07, 6.45) is 5.70. The number of rotatable bonds is 4. The first-order valence-corrected chi connectivity index (χ1v) is 8.60. The maximum absolute atomic E-state index is 13.0. The molecule has 0 radical (unpaired) electrons. The third-order valence-corrected chi connectivity index (χ3v) is 4.61. The molecule has 26 heavy (non-hydrogen) atoms. The summed E-state index contributed by atoms with van der Waals surface area (Å²) >= 11 is 0. The first kappa shape index (κ1) is 17.9. The van der Waals surface area contributed by atoms with Gasteiger partial charge in [-0.25, -0.2) is 14.6 Å². The lowest BCUT2D eigenvalue weighted by molar-refractivity contribution is -0.144. The normalized spacial score (nSPS) is 17.5. The zero-order valence-electron chi connectivity index (χ0n) is 15.1. The zero-order valence-corrected chi connectivity index (χ0v) is 15.1. The number of amides is 2. The van der Waals surface area contributed by atoms with Crippen molar-refractivity contribution < 1.29 is 14.3 Å². The molecule has 2 aromatic heterocycles. The molecule has 0 fully saturated rings. The monoisotopic (exact) mass is 357 g/mol. The summed E-state index contributed by atoms with van der Waals surface area (Å²) in [5.74, 6) is -0.539. The van der Waals surface area contributed by atoms with Crippen molar-refractivity contribution in [2.24, 2.45) is 5.92 Å². The highest BCUT2D eigenvalue weighted by Crippen LogP contribution is 2.33. The second-order valence-electron chi connectivity index (χ2n) is 6.59. The van der Waals surface area contributed by atoms with Crippen molar-refractivity contribution in [1.82, 2.24) is 25.2 Å². The number of esters is 1. The maximum Gasteiger partial charge on any atom is 0.328 e. The van der Waals surface area contributed by atoms with E-state index >= 15 is 0 Å². The first-order chi connectivity index (χ1) is 12.5. The number of carbonyl (C=O) groups is 2. The fourth-order valence-electron chi connectivity index (χ4n) is 3.22. The summed E-state index contributed by atoms with van der Waals surface area (Å²) in [5.41, 5.74) is 2.75. The van der Waals surface area contributed by atoms with Crippen LogP contribution in [0.4, 0.5) is 4.79 Å². The fourth-order valence-corrected chi connectivity index (χ4v) is 3.22. The molecule has 0 spiro atoms. The van der Waals surface area contributed by atoms with Crippen molar-refractivity contribution >= 4 is 12.0 Å². The predicted molar refractivity (Wildman–Crippen MR) is 94.3 cm³/mol. The Labute approximate surface area is 152 Å². The molecule has 2 N–H and O–H groups in total. The Bertz CT molecular complexity index is 774. The molecule has 3 rings (SSSR count). The summed E-state index contributed by atoms with van der Waals surface area (Å²) in [6, 6.07) is 2.39. The van der Waals surface area contributed by atoms with Crippen molar-refractivity contribution in [3.8, 4) is 0 Å². The molecule has 2 amide bonds. The van der Waals surface area contributed by atoms with E-state index in [2.05, 4.69) is 20.3 Å². The third-order valence-electron chi connectivity index (χ3n) is 4.61. The number of pyridine rings is 1. The molecular formula is C18H23N5O3. The van der Waals surface area contributed by atoms with E-state index in [0.717, 1.165) is 17.0 Å². The van der Waals surface area contributed by atoms with Gasteiger partial charge in [-0.1, -0.05) is 13.8 Å². The average Bonchev–Trinajstić information content (AvgIpc) is 3.13. The Hall–Kier alpha value is -2.90. The molecule has 3 heterocycles. The number of imidazole rings is 1. The van der Waals surface area contributed by atoms with Crippen molar-refractivity contribution in [1.29, 1.82) is 0 Å². The van der Waals surface area contributed by atoms with Gasteiger partial charge in [-0.3, -0.25) is 4.98 Å². The van der Waals surface area contributed by atoms with Crippen LogP contribution in [-0.2, 0) is 16.0 Å². The number of aromatic amines is 1. The number of urea groups is 1. The van der Waals surface area contributed by atoms with E-state index in [4.69, 9.17) is 4.74 Å². The lowest BCUT2D eigenvalue weighted by Gasteiger charge is -2.36. The topological polar surface area (TPSA) is 100 Å². The Morgan fingerprint density at radius 2 is 2.08 bits per heavy atom. The Kier molecular flexibility index (Phi) is 5.20. The molecule has 8 heteroatoms. The van der Waals surface area contributed by atoms with E-state index in [1.807, 2.05) is 26.0 Å². The average molecular weight is 357 g/mol. The van der Waals surface area contributed by atoms with Crippen LogP contribution in [-0.4, -0.2) is 51.5 Å². The molecule has 0 aliphatic carbocycles. The number of carbonyl (C=O) groups excluding carboxylic acids is 2. The van der Waals surface area contributed by atoms with Crippen molar-refractivity contribution in [3.05, 3.63) is 47.8 Å². The van der Waals surface area contributed by atoms with Gasteiger partial charge in [-0.2, -0.15) is 0 Å².